The van der Waals surface area contributed by atoms with Crippen LogP contribution in [0.15, 0.2) is 91.0 Å². The van der Waals surface area contributed by atoms with E-state index < -0.39 is 17.6 Å². The van der Waals surface area contributed by atoms with Gasteiger partial charge in [0.2, 0.25) is 5.91 Å². The van der Waals surface area contributed by atoms with Gasteiger partial charge in [-0.15, -0.1) is 0 Å². The summed E-state index contributed by atoms with van der Waals surface area (Å²) in [7, 11) is 0. The molecule has 4 aromatic rings. The number of aryl methyl sites for hydroxylation is 1. The highest BCUT2D eigenvalue weighted by atomic mass is 16.5. The lowest BCUT2D eigenvalue weighted by molar-refractivity contribution is -0.143. The topological polar surface area (TPSA) is 105 Å². The third-order valence-electron chi connectivity index (χ3n) is 8.76. The minimum absolute atomic E-state index is 0.0233. The number of ether oxygens (including phenoxy) is 2. The Morgan fingerprint density at radius 3 is 2.45 bits per heavy atom. The fourth-order valence-corrected chi connectivity index (χ4v) is 5.99. The van der Waals surface area contributed by atoms with Crippen LogP contribution in [0.2, 0.25) is 0 Å². The molecule has 1 unspecified atom stereocenters. The summed E-state index contributed by atoms with van der Waals surface area (Å²) >= 11 is 0. The van der Waals surface area contributed by atoms with Gasteiger partial charge in [0.1, 0.15) is 17.9 Å². The van der Waals surface area contributed by atoms with Crippen molar-refractivity contribution in [2.24, 2.45) is 0 Å². The van der Waals surface area contributed by atoms with Crippen molar-refractivity contribution in [3.05, 3.63) is 119 Å². The van der Waals surface area contributed by atoms with Crippen molar-refractivity contribution < 1.29 is 29.0 Å². The Hall–Kier alpha value is -5.11. The van der Waals surface area contributed by atoms with Crippen LogP contribution in [0.4, 0.5) is 10.5 Å². The van der Waals surface area contributed by atoms with Crippen LogP contribution in [0.3, 0.4) is 0 Å². The zero-order chi connectivity index (χ0) is 33.4. The molecule has 47 heavy (non-hydrogen) atoms. The Balaban J connectivity index is 1.21. The summed E-state index contributed by atoms with van der Waals surface area (Å²) in [5, 5.41) is 12.4. The summed E-state index contributed by atoms with van der Waals surface area (Å²) in [6, 6.07) is 28.9. The Labute approximate surface area is 276 Å². The smallest absolute Gasteiger partial charge is 0.408 e. The number of amides is 2. The number of carbonyl (C=O) groups is 3. The molecule has 2 amide bonds. The minimum atomic E-state index is -1.53. The Morgan fingerprint density at radius 2 is 1.66 bits per heavy atom. The third kappa shape index (κ3) is 8.19. The molecule has 5 rings (SSSR count). The van der Waals surface area contributed by atoms with Gasteiger partial charge in [-0.1, -0.05) is 72.8 Å². The van der Waals surface area contributed by atoms with E-state index in [2.05, 4.69) is 24.4 Å². The molecule has 0 radical (unpaired) electrons. The maximum atomic E-state index is 13.4. The molecule has 1 aliphatic heterocycles. The summed E-state index contributed by atoms with van der Waals surface area (Å²) < 4.78 is 11.4. The molecular weight excluding hydrogens is 592 g/mol. The lowest BCUT2D eigenvalue weighted by Crippen LogP contribution is -2.53. The van der Waals surface area contributed by atoms with Crippen molar-refractivity contribution in [1.82, 2.24) is 5.32 Å². The van der Waals surface area contributed by atoms with Crippen molar-refractivity contribution in [2.75, 3.05) is 18.1 Å². The Bertz CT molecular complexity index is 1740. The van der Waals surface area contributed by atoms with Crippen LogP contribution in [0, 0.1) is 13.8 Å². The predicted molar refractivity (Wildman–Crippen MR) is 183 cm³/mol. The van der Waals surface area contributed by atoms with Gasteiger partial charge in [-0.25, -0.2) is 9.59 Å². The first-order chi connectivity index (χ1) is 22.6. The van der Waals surface area contributed by atoms with Crippen LogP contribution < -0.4 is 15.0 Å². The van der Waals surface area contributed by atoms with Gasteiger partial charge in [0, 0.05) is 25.1 Å². The van der Waals surface area contributed by atoms with Crippen LogP contribution >= 0.6 is 0 Å². The molecule has 244 valence electrons. The molecular formula is C39H42N2O6. The number of benzene rings is 4. The largest absolute Gasteiger partial charge is 0.493 e. The molecule has 2 N–H and O–H groups in total. The van der Waals surface area contributed by atoms with Gasteiger partial charge in [0.05, 0.1) is 6.61 Å². The van der Waals surface area contributed by atoms with E-state index >= 15 is 0 Å². The number of hydrogen-bond donors (Lipinski definition) is 2. The number of alkyl carbamates (subject to hydrolysis) is 1. The molecule has 1 aliphatic rings. The molecule has 8 nitrogen and oxygen atoms in total. The van der Waals surface area contributed by atoms with E-state index in [0.29, 0.717) is 26.0 Å². The standard InChI is InChI=1S/C39H42N2O6/c1-27-12-7-20-35(28(27)2)46-23-11-21-36(42)41-22-10-18-33-32(17-9-19-34(33)41)31-16-8-15-30(24-31)26-47-38(45)40-39(3,37(43)44)25-29-13-5-4-6-14-29/h4-9,12-17,19-20,24H,10-11,18,21-23,25-26H2,1-3H3,(H,40,45)(H,43,44). The van der Waals surface area contributed by atoms with Gasteiger partial charge in [-0.2, -0.15) is 0 Å². The molecule has 4 aromatic carbocycles. The second-order valence-electron chi connectivity index (χ2n) is 12.3. The van der Waals surface area contributed by atoms with Crippen molar-refractivity contribution in [3.63, 3.8) is 0 Å². The normalized spacial score (nSPS) is 13.6. The van der Waals surface area contributed by atoms with Gasteiger partial charge < -0.3 is 24.8 Å². The van der Waals surface area contributed by atoms with E-state index in [-0.39, 0.29) is 18.9 Å². The van der Waals surface area contributed by atoms with Crippen LogP contribution in [-0.2, 0) is 33.8 Å². The number of fused-ring (bicyclic) bond motifs is 1. The molecule has 8 heteroatoms. The maximum Gasteiger partial charge on any atom is 0.408 e. The first-order valence-electron chi connectivity index (χ1n) is 16.1. The zero-order valence-corrected chi connectivity index (χ0v) is 27.3. The van der Waals surface area contributed by atoms with Gasteiger partial charge >= 0.3 is 12.1 Å². The number of carboxylic acids is 1. The van der Waals surface area contributed by atoms with E-state index in [4.69, 9.17) is 9.47 Å². The molecule has 0 saturated heterocycles. The molecule has 0 spiro atoms. The number of nitrogens with zero attached hydrogens (tertiary/aromatic N) is 1. The Kier molecular flexibility index (Phi) is 10.6. The lowest BCUT2D eigenvalue weighted by Gasteiger charge is -2.31. The van der Waals surface area contributed by atoms with Crippen LogP contribution in [0.25, 0.3) is 11.1 Å². The monoisotopic (exact) mass is 634 g/mol. The number of carboxylic acid groups (broad SMARTS) is 1. The third-order valence-corrected chi connectivity index (χ3v) is 8.76. The summed E-state index contributed by atoms with van der Waals surface area (Å²) in [5.74, 6) is -0.200. The number of rotatable bonds is 12. The first kappa shape index (κ1) is 33.3. The molecule has 0 aliphatic carbocycles. The van der Waals surface area contributed by atoms with E-state index in [1.54, 1.807) is 0 Å². The highest BCUT2D eigenvalue weighted by Gasteiger charge is 2.35. The Morgan fingerprint density at radius 1 is 0.915 bits per heavy atom. The first-order valence-corrected chi connectivity index (χ1v) is 16.1. The van der Waals surface area contributed by atoms with Crippen molar-refractivity contribution in [2.45, 2.75) is 65.0 Å². The predicted octanol–water partition coefficient (Wildman–Crippen LogP) is 7.42. The summed E-state index contributed by atoms with van der Waals surface area (Å²) in [5.41, 5.74) is 6.37. The summed E-state index contributed by atoms with van der Waals surface area (Å²) in [6.07, 6.45) is 2.06. The zero-order valence-electron chi connectivity index (χ0n) is 27.3. The van der Waals surface area contributed by atoms with Crippen LogP contribution in [0.1, 0.15) is 54.0 Å². The average molecular weight is 635 g/mol. The van der Waals surface area contributed by atoms with E-state index in [1.807, 2.05) is 90.7 Å². The lowest BCUT2D eigenvalue weighted by atomic mass is 9.91. The summed E-state index contributed by atoms with van der Waals surface area (Å²) in [6.45, 7) is 6.70. The molecule has 1 atom stereocenters. The fraction of sp³-hybridized carbons (Fsp3) is 0.308. The molecule has 0 saturated carbocycles. The molecule has 1 heterocycles. The van der Waals surface area contributed by atoms with Crippen molar-refractivity contribution >= 4 is 23.7 Å². The van der Waals surface area contributed by atoms with Crippen molar-refractivity contribution in [1.29, 1.82) is 0 Å². The second kappa shape index (κ2) is 15.0. The van der Waals surface area contributed by atoms with Gasteiger partial charge in [0.15, 0.2) is 0 Å². The fourth-order valence-electron chi connectivity index (χ4n) is 5.99. The second-order valence-corrected chi connectivity index (χ2v) is 12.3. The van der Waals surface area contributed by atoms with E-state index in [0.717, 1.165) is 57.7 Å². The van der Waals surface area contributed by atoms with Gasteiger partial charge in [-0.05, 0) is 97.2 Å². The number of nitrogens with one attached hydrogen (secondary N) is 1. The molecule has 0 bridgehead atoms. The summed E-state index contributed by atoms with van der Waals surface area (Å²) in [4.78, 5) is 40.0. The molecule has 0 aromatic heterocycles. The SMILES string of the molecule is Cc1cccc(OCCCC(=O)N2CCCc3c(-c4cccc(COC(=O)NC(C)(Cc5ccccc5)C(=O)O)c4)cccc32)c1C. The van der Waals surface area contributed by atoms with E-state index in [1.165, 1.54) is 12.5 Å². The highest BCUT2D eigenvalue weighted by Crippen LogP contribution is 2.36. The van der Waals surface area contributed by atoms with Gasteiger partial charge in [-0.3, -0.25) is 4.79 Å². The van der Waals surface area contributed by atoms with Gasteiger partial charge in [0.25, 0.3) is 0 Å². The minimum Gasteiger partial charge on any atom is -0.493 e. The maximum absolute atomic E-state index is 13.4. The number of aliphatic carboxylic acids is 1. The van der Waals surface area contributed by atoms with E-state index in [9.17, 15) is 19.5 Å². The van der Waals surface area contributed by atoms with Crippen LogP contribution in [-0.4, -0.2) is 41.8 Å². The van der Waals surface area contributed by atoms with Crippen molar-refractivity contribution in [3.8, 4) is 16.9 Å². The average Bonchev–Trinajstić information content (AvgIpc) is 3.07. The highest BCUT2D eigenvalue weighted by molar-refractivity contribution is 5.96. The quantitative estimate of drug-likeness (QED) is 0.157. The number of hydrogen-bond acceptors (Lipinski definition) is 5. The van der Waals surface area contributed by atoms with Crippen LogP contribution in [0.5, 0.6) is 5.75 Å². The number of anilines is 1. The molecule has 0 fully saturated rings. The number of carbonyl (C=O) groups excluding carboxylic acids is 2.